The van der Waals surface area contributed by atoms with Gasteiger partial charge in [0.05, 0.1) is 5.92 Å². The van der Waals surface area contributed by atoms with Crippen molar-refractivity contribution in [3.63, 3.8) is 0 Å². The molecule has 15 heavy (non-hydrogen) atoms. The quantitative estimate of drug-likeness (QED) is 0.778. The first kappa shape index (κ1) is 12.5. The van der Waals surface area contributed by atoms with E-state index in [9.17, 15) is 4.79 Å². The van der Waals surface area contributed by atoms with Crippen molar-refractivity contribution >= 4 is 5.97 Å². The van der Waals surface area contributed by atoms with Gasteiger partial charge in [0.1, 0.15) is 0 Å². The summed E-state index contributed by atoms with van der Waals surface area (Å²) in [6.07, 6.45) is 2.42. The molecule has 1 aliphatic rings. The minimum Gasteiger partial charge on any atom is -0.481 e. The Kier molecular flexibility index (Phi) is 4.14. The van der Waals surface area contributed by atoms with Crippen LogP contribution in [-0.4, -0.2) is 34.6 Å². The summed E-state index contributed by atoms with van der Waals surface area (Å²) in [5, 5.41) is 9.01. The van der Waals surface area contributed by atoms with Crippen molar-refractivity contribution in [3.8, 4) is 0 Å². The van der Waals surface area contributed by atoms with Crippen LogP contribution in [0.5, 0.6) is 0 Å². The SMILES string of the molecule is CC(C)C1CCCN1C(C)C(C)C(=O)O. The summed E-state index contributed by atoms with van der Waals surface area (Å²) in [6.45, 7) is 9.35. The van der Waals surface area contributed by atoms with Gasteiger partial charge in [0.25, 0.3) is 0 Å². The van der Waals surface area contributed by atoms with Crippen molar-refractivity contribution in [3.05, 3.63) is 0 Å². The van der Waals surface area contributed by atoms with E-state index in [-0.39, 0.29) is 12.0 Å². The molecule has 88 valence electrons. The molecule has 0 aromatic heterocycles. The Labute approximate surface area is 92.5 Å². The lowest BCUT2D eigenvalue weighted by Crippen LogP contribution is -2.45. The summed E-state index contributed by atoms with van der Waals surface area (Å²) >= 11 is 0. The summed E-state index contributed by atoms with van der Waals surface area (Å²) in [4.78, 5) is 13.3. The molecule has 1 fully saturated rings. The number of hydrogen-bond acceptors (Lipinski definition) is 2. The Morgan fingerprint density at radius 2 is 1.93 bits per heavy atom. The molecule has 3 heteroatoms. The molecule has 0 spiro atoms. The third-order valence-corrected chi connectivity index (χ3v) is 3.75. The van der Waals surface area contributed by atoms with E-state index in [0.717, 1.165) is 6.54 Å². The molecule has 3 unspecified atom stereocenters. The maximum absolute atomic E-state index is 10.9. The van der Waals surface area contributed by atoms with Crippen molar-refractivity contribution < 1.29 is 9.90 Å². The van der Waals surface area contributed by atoms with E-state index in [1.807, 2.05) is 13.8 Å². The van der Waals surface area contributed by atoms with Crippen molar-refractivity contribution in [2.75, 3.05) is 6.54 Å². The molecule has 1 heterocycles. The van der Waals surface area contributed by atoms with Gasteiger partial charge in [0.15, 0.2) is 0 Å². The Morgan fingerprint density at radius 3 is 2.40 bits per heavy atom. The standard InChI is InChI=1S/C12H23NO2/c1-8(2)11-6-5-7-13(11)10(4)9(3)12(14)15/h8-11H,5-7H2,1-4H3,(H,14,15). The number of likely N-dealkylation sites (tertiary alicyclic amines) is 1. The maximum Gasteiger partial charge on any atom is 0.307 e. The molecule has 1 rings (SSSR count). The third kappa shape index (κ3) is 2.71. The molecular weight excluding hydrogens is 190 g/mol. The number of carboxylic acids is 1. The summed E-state index contributed by atoms with van der Waals surface area (Å²) in [5.74, 6) is -0.336. The fraction of sp³-hybridized carbons (Fsp3) is 0.917. The smallest absolute Gasteiger partial charge is 0.307 e. The van der Waals surface area contributed by atoms with Crippen molar-refractivity contribution in [1.82, 2.24) is 4.90 Å². The van der Waals surface area contributed by atoms with Crippen LogP contribution in [0.1, 0.15) is 40.5 Å². The molecule has 0 saturated carbocycles. The summed E-state index contributed by atoms with van der Waals surface area (Å²) < 4.78 is 0. The third-order valence-electron chi connectivity index (χ3n) is 3.75. The number of aliphatic carboxylic acids is 1. The lowest BCUT2D eigenvalue weighted by atomic mass is 9.97. The van der Waals surface area contributed by atoms with E-state index in [1.54, 1.807) is 0 Å². The number of carbonyl (C=O) groups is 1. The fourth-order valence-corrected chi connectivity index (χ4v) is 2.53. The van der Waals surface area contributed by atoms with Crippen LogP contribution in [0.3, 0.4) is 0 Å². The summed E-state index contributed by atoms with van der Waals surface area (Å²) in [6, 6.07) is 0.721. The van der Waals surface area contributed by atoms with Gasteiger partial charge in [-0.05, 0) is 32.2 Å². The highest BCUT2D eigenvalue weighted by Crippen LogP contribution is 2.28. The largest absolute Gasteiger partial charge is 0.481 e. The predicted molar refractivity (Wildman–Crippen MR) is 60.8 cm³/mol. The second kappa shape index (κ2) is 4.97. The Hall–Kier alpha value is -0.570. The topological polar surface area (TPSA) is 40.5 Å². The van der Waals surface area contributed by atoms with E-state index >= 15 is 0 Å². The monoisotopic (exact) mass is 213 g/mol. The highest BCUT2D eigenvalue weighted by molar-refractivity contribution is 5.70. The number of rotatable bonds is 4. The van der Waals surface area contributed by atoms with Gasteiger partial charge in [-0.3, -0.25) is 9.69 Å². The van der Waals surface area contributed by atoms with Gasteiger partial charge in [-0.1, -0.05) is 20.8 Å². The van der Waals surface area contributed by atoms with Crippen LogP contribution in [0.4, 0.5) is 0 Å². The average Bonchev–Trinajstić information content (AvgIpc) is 2.63. The first-order chi connectivity index (χ1) is 6.95. The first-order valence-electron chi connectivity index (χ1n) is 5.93. The Morgan fingerprint density at radius 1 is 1.33 bits per heavy atom. The highest BCUT2D eigenvalue weighted by Gasteiger charge is 2.34. The lowest BCUT2D eigenvalue weighted by Gasteiger charge is -2.34. The van der Waals surface area contributed by atoms with Gasteiger partial charge in [0, 0.05) is 12.1 Å². The molecule has 3 atom stereocenters. The van der Waals surface area contributed by atoms with Gasteiger partial charge in [-0.25, -0.2) is 0 Å². The molecule has 0 aromatic carbocycles. The van der Waals surface area contributed by atoms with E-state index in [1.165, 1.54) is 12.8 Å². The minimum atomic E-state index is -0.683. The van der Waals surface area contributed by atoms with Crippen LogP contribution in [-0.2, 0) is 4.79 Å². The minimum absolute atomic E-state index is 0.150. The van der Waals surface area contributed by atoms with Crippen LogP contribution in [0.15, 0.2) is 0 Å². The Balaban J connectivity index is 2.65. The second-order valence-electron chi connectivity index (χ2n) is 5.06. The van der Waals surface area contributed by atoms with Crippen LogP contribution in [0.2, 0.25) is 0 Å². The molecule has 0 amide bonds. The van der Waals surface area contributed by atoms with Gasteiger partial charge in [0.2, 0.25) is 0 Å². The fourth-order valence-electron chi connectivity index (χ4n) is 2.53. The van der Waals surface area contributed by atoms with Crippen LogP contribution in [0.25, 0.3) is 0 Å². The number of carboxylic acid groups (broad SMARTS) is 1. The molecule has 1 aliphatic heterocycles. The molecule has 1 saturated heterocycles. The van der Waals surface area contributed by atoms with Gasteiger partial charge >= 0.3 is 5.97 Å². The van der Waals surface area contributed by atoms with Gasteiger partial charge in [-0.2, -0.15) is 0 Å². The zero-order valence-corrected chi connectivity index (χ0v) is 10.2. The zero-order valence-electron chi connectivity index (χ0n) is 10.2. The van der Waals surface area contributed by atoms with E-state index in [0.29, 0.717) is 12.0 Å². The second-order valence-corrected chi connectivity index (χ2v) is 5.06. The molecule has 3 nitrogen and oxygen atoms in total. The molecule has 1 N–H and O–H groups in total. The van der Waals surface area contributed by atoms with E-state index < -0.39 is 5.97 Å². The summed E-state index contributed by atoms with van der Waals surface area (Å²) in [5.41, 5.74) is 0. The first-order valence-corrected chi connectivity index (χ1v) is 5.93. The van der Waals surface area contributed by atoms with Crippen LogP contribution >= 0.6 is 0 Å². The van der Waals surface area contributed by atoms with Crippen molar-refractivity contribution in [1.29, 1.82) is 0 Å². The van der Waals surface area contributed by atoms with E-state index in [4.69, 9.17) is 5.11 Å². The average molecular weight is 213 g/mol. The maximum atomic E-state index is 10.9. The number of hydrogen-bond donors (Lipinski definition) is 1. The summed E-state index contributed by atoms with van der Waals surface area (Å²) in [7, 11) is 0. The predicted octanol–water partition coefficient (Wildman–Crippen LogP) is 2.22. The van der Waals surface area contributed by atoms with E-state index in [2.05, 4.69) is 18.7 Å². The van der Waals surface area contributed by atoms with Crippen LogP contribution in [0, 0.1) is 11.8 Å². The van der Waals surface area contributed by atoms with Gasteiger partial charge < -0.3 is 5.11 Å². The molecule has 0 aliphatic carbocycles. The zero-order chi connectivity index (χ0) is 11.6. The lowest BCUT2D eigenvalue weighted by molar-refractivity contribution is -0.143. The highest BCUT2D eigenvalue weighted by atomic mass is 16.4. The van der Waals surface area contributed by atoms with Crippen LogP contribution < -0.4 is 0 Å². The molecule has 0 aromatic rings. The molecular formula is C12H23NO2. The normalized spacial score (nSPS) is 26.9. The number of nitrogens with zero attached hydrogens (tertiary/aromatic N) is 1. The Bertz CT molecular complexity index is 228. The molecule has 0 bridgehead atoms. The van der Waals surface area contributed by atoms with Crippen molar-refractivity contribution in [2.45, 2.75) is 52.6 Å². The van der Waals surface area contributed by atoms with Crippen molar-refractivity contribution in [2.24, 2.45) is 11.8 Å². The molecule has 0 radical (unpaired) electrons. The van der Waals surface area contributed by atoms with Gasteiger partial charge in [-0.15, -0.1) is 0 Å².